The first kappa shape index (κ1) is 10.7. The third-order valence-corrected chi connectivity index (χ3v) is 2.96. The summed E-state index contributed by atoms with van der Waals surface area (Å²) in [6.45, 7) is 0. The maximum Gasteiger partial charge on any atom is 0.128 e. The molecule has 1 aliphatic rings. The normalized spacial score (nSPS) is 29.7. The maximum absolute atomic E-state index is 12.9. The summed E-state index contributed by atoms with van der Waals surface area (Å²) in [6.07, 6.45) is 0.561. The lowest BCUT2D eigenvalue weighted by molar-refractivity contribution is -0.0584. The van der Waals surface area contributed by atoms with Gasteiger partial charge in [0.1, 0.15) is 23.8 Å². The molecule has 2 nitrogen and oxygen atoms in total. The molecule has 0 aromatic heterocycles. The molecule has 1 aromatic rings. The smallest absolute Gasteiger partial charge is 0.128 e. The fourth-order valence-corrected chi connectivity index (χ4v) is 2.10. The number of alkyl halides is 1. The quantitative estimate of drug-likeness (QED) is 0.744. The van der Waals surface area contributed by atoms with E-state index in [0.29, 0.717) is 5.75 Å². The summed E-state index contributed by atoms with van der Waals surface area (Å²) in [7, 11) is 1.60. The zero-order valence-electron chi connectivity index (χ0n) is 8.32. The number of ether oxygens (including phenoxy) is 2. The van der Waals surface area contributed by atoms with Crippen molar-refractivity contribution in [3.05, 3.63) is 30.1 Å². The van der Waals surface area contributed by atoms with E-state index < -0.39 is 0 Å². The van der Waals surface area contributed by atoms with Crippen molar-refractivity contribution in [1.29, 1.82) is 0 Å². The summed E-state index contributed by atoms with van der Waals surface area (Å²) in [6, 6.07) is 6.07. The summed E-state index contributed by atoms with van der Waals surface area (Å²) in [4.78, 5) is 0. The van der Waals surface area contributed by atoms with Crippen molar-refractivity contribution in [3.8, 4) is 5.75 Å². The van der Waals surface area contributed by atoms with Crippen LogP contribution in [-0.4, -0.2) is 24.7 Å². The monoisotopic (exact) mass is 230 g/mol. The predicted molar refractivity (Wildman–Crippen MR) is 55.9 cm³/mol. The number of hydrogen-bond acceptors (Lipinski definition) is 2. The van der Waals surface area contributed by atoms with Crippen molar-refractivity contribution < 1.29 is 13.9 Å². The molecule has 0 radical (unpaired) electrons. The van der Waals surface area contributed by atoms with Gasteiger partial charge in [0, 0.05) is 19.6 Å². The molecule has 0 spiro atoms. The van der Waals surface area contributed by atoms with E-state index in [1.807, 2.05) is 0 Å². The van der Waals surface area contributed by atoms with Crippen LogP contribution in [0.5, 0.6) is 5.75 Å². The number of halogens is 2. The van der Waals surface area contributed by atoms with Gasteiger partial charge in [0.25, 0.3) is 0 Å². The minimum atomic E-state index is -0.303. The zero-order valence-corrected chi connectivity index (χ0v) is 9.08. The molecule has 4 heteroatoms. The third kappa shape index (κ3) is 2.24. The Kier molecular flexibility index (Phi) is 3.12. The van der Waals surface area contributed by atoms with Crippen LogP contribution < -0.4 is 4.74 Å². The van der Waals surface area contributed by atoms with Crippen LogP contribution in [0.25, 0.3) is 0 Å². The van der Waals surface area contributed by atoms with E-state index in [4.69, 9.17) is 21.1 Å². The van der Waals surface area contributed by atoms with E-state index >= 15 is 0 Å². The summed E-state index contributed by atoms with van der Waals surface area (Å²) in [5, 5.41) is -0.00596. The second kappa shape index (κ2) is 4.37. The van der Waals surface area contributed by atoms with E-state index in [1.165, 1.54) is 12.1 Å². The summed E-state index contributed by atoms with van der Waals surface area (Å²) >= 11 is 5.93. The van der Waals surface area contributed by atoms with Gasteiger partial charge in [-0.2, -0.15) is 0 Å². The average Bonchev–Trinajstić information content (AvgIpc) is 2.17. The van der Waals surface area contributed by atoms with E-state index in [9.17, 15) is 4.39 Å². The second-order valence-corrected chi connectivity index (χ2v) is 4.13. The van der Waals surface area contributed by atoms with Crippen molar-refractivity contribution in [3.63, 3.8) is 0 Å². The molecular weight excluding hydrogens is 219 g/mol. The molecule has 0 aliphatic heterocycles. The molecule has 82 valence electrons. The molecule has 0 saturated heterocycles. The molecule has 0 heterocycles. The van der Waals surface area contributed by atoms with Gasteiger partial charge in [-0.15, -0.1) is 11.6 Å². The average molecular weight is 231 g/mol. The molecule has 3 unspecified atom stereocenters. The Labute approximate surface area is 92.9 Å². The van der Waals surface area contributed by atoms with Crippen LogP contribution in [0.4, 0.5) is 4.39 Å². The molecule has 1 saturated carbocycles. The first-order valence-electron chi connectivity index (χ1n) is 4.80. The van der Waals surface area contributed by atoms with Crippen LogP contribution in [0.1, 0.15) is 6.42 Å². The Bertz CT molecular complexity index is 345. The molecule has 2 rings (SSSR count). The topological polar surface area (TPSA) is 18.5 Å². The van der Waals surface area contributed by atoms with Gasteiger partial charge >= 0.3 is 0 Å². The minimum absolute atomic E-state index is 0.00596. The Morgan fingerprint density at radius 3 is 2.87 bits per heavy atom. The number of hydrogen-bond donors (Lipinski definition) is 0. The van der Waals surface area contributed by atoms with E-state index in [2.05, 4.69) is 0 Å². The van der Waals surface area contributed by atoms with E-state index in [0.717, 1.165) is 6.42 Å². The SMILES string of the molecule is COC1C(Cl)CC1Oc1cccc(F)c1. The van der Waals surface area contributed by atoms with Gasteiger partial charge in [0.2, 0.25) is 0 Å². The fraction of sp³-hybridized carbons (Fsp3) is 0.455. The van der Waals surface area contributed by atoms with Gasteiger partial charge in [-0.25, -0.2) is 4.39 Å². The van der Waals surface area contributed by atoms with Crippen molar-refractivity contribution in [2.45, 2.75) is 24.0 Å². The second-order valence-electron chi connectivity index (χ2n) is 3.57. The molecular formula is C11H12ClFO2. The van der Waals surface area contributed by atoms with Gasteiger partial charge in [0.05, 0.1) is 5.38 Å². The van der Waals surface area contributed by atoms with Gasteiger partial charge < -0.3 is 9.47 Å². The Hall–Kier alpha value is -0.800. The number of methoxy groups -OCH3 is 1. The summed E-state index contributed by atoms with van der Waals surface area (Å²) in [5.41, 5.74) is 0. The van der Waals surface area contributed by atoms with Crippen molar-refractivity contribution >= 4 is 11.6 Å². The molecule has 0 bridgehead atoms. The highest BCUT2D eigenvalue weighted by Crippen LogP contribution is 2.32. The largest absolute Gasteiger partial charge is 0.488 e. The Balaban J connectivity index is 1.98. The molecule has 3 atom stereocenters. The van der Waals surface area contributed by atoms with Crippen molar-refractivity contribution in [2.24, 2.45) is 0 Å². The fourth-order valence-electron chi connectivity index (χ4n) is 1.66. The minimum Gasteiger partial charge on any atom is -0.488 e. The van der Waals surface area contributed by atoms with E-state index in [1.54, 1.807) is 19.2 Å². The highest BCUT2D eigenvalue weighted by Gasteiger charge is 2.42. The Morgan fingerprint density at radius 1 is 1.47 bits per heavy atom. The van der Waals surface area contributed by atoms with Crippen LogP contribution in [0.15, 0.2) is 24.3 Å². The van der Waals surface area contributed by atoms with Crippen LogP contribution in [-0.2, 0) is 4.74 Å². The van der Waals surface area contributed by atoms with Crippen LogP contribution in [0.2, 0.25) is 0 Å². The lowest BCUT2D eigenvalue weighted by atomic mass is 9.91. The van der Waals surface area contributed by atoms with E-state index in [-0.39, 0.29) is 23.4 Å². The molecule has 0 N–H and O–H groups in total. The van der Waals surface area contributed by atoms with Crippen LogP contribution in [0, 0.1) is 5.82 Å². The van der Waals surface area contributed by atoms with Gasteiger partial charge in [-0.3, -0.25) is 0 Å². The van der Waals surface area contributed by atoms with Crippen LogP contribution in [0.3, 0.4) is 0 Å². The molecule has 0 amide bonds. The highest BCUT2D eigenvalue weighted by atomic mass is 35.5. The predicted octanol–water partition coefficient (Wildman–Crippen LogP) is 2.60. The molecule has 1 fully saturated rings. The molecule has 1 aliphatic carbocycles. The lowest BCUT2D eigenvalue weighted by Crippen LogP contribution is -2.52. The standard InChI is InChI=1S/C11H12ClFO2/c1-14-11-9(12)6-10(11)15-8-4-2-3-7(13)5-8/h2-5,9-11H,6H2,1H3. The molecule has 15 heavy (non-hydrogen) atoms. The Morgan fingerprint density at radius 2 is 2.27 bits per heavy atom. The number of rotatable bonds is 3. The highest BCUT2D eigenvalue weighted by molar-refractivity contribution is 6.21. The zero-order chi connectivity index (χ0) is 10.8. The van der Waals surface area contributed by atoms with Crippen molar-refractivity contribution in [1.82, 2.24) is 0 Å². The van der Waals surface area contributed by atoms with Crippen molar-refractivity contribution in [2.75, 3.05) is 7.11 Å². The van der Waals surface area contributed by atoms with Gasteiger partial charge in [-0.1, -0.05) is 6.07 Å². The maximum atomic E-state index is 12.9. The molecule has 1 aromatic carbocycles. The first-order chi connectivity index (χ1) is 7.20. The number of benzene rings is 1. The summed E-state index contributed by atoms with van der Waals surface area (Å²) in [5.74, 6) is 0.217. The van der Waals surface area contributed by atoms with Gasteiger partial charge in [0.15, 0.2) is 0 Å². The first-order valence-corrected chi connectivity index (χ1v) is 5.23. The third-order valence-electron chi connectivity index (χ3n) is 2.54. The lowest BCUT2D eigenvalue weighted by Gasteiger charge is -2.39. The summed E-state index contributed by atoms with van der Waals surface area (Å²) < 4.78 is 23.6. The van der Waals surface area contributed by atoms with Gasteiger partial charge in [-0.05, 0) is 12.1 Å². The van der Waals surface area contributed by atoms with Crippen LogP contribution >= 0.6 is 11.6 Å².